The molecule has 1 aliphatic heterocycles. The molecule has 94 valence electrons. The van der Waals surface area contributed by atoms with Gasteiger partial charge in [-0.3, -0.25) is 4.79 Å². The quantitative estimate of drug-likeness (QED) is 0.733. The van der Waals surface area contributed by atoms with Crippen LogP contribution in [0.4, 0.5) is 0 Å². The topological polar surface area (TPSA) is 23.6 Å². The van der Waals surface area contributed by atoms with Crippen molar-refractivity contribution in [3.8, 4) is 0 Å². The van der Waals surface area contributed by atoms with Gasteiger partial charge in [-0.15, -0.1) is 0 Å². The zero-order valence-electron chi connectivity index (χ0n) is 11.4. The molecule has 1 rings (SSSR count). The van der Waals surface area contributed by atoms with Crippen molar-refractivity contribution >= 4 is 5.91 Å². The lowest BCUT2D eigenvalue weighted by Gasteiger charge is -2.39. The third-order valence-electron chi connectivity index (χ3n) is 3.78. The molecule has 0 aromatic carbocycles. The predicted molar refractivity (Wildman–Crippen MR) is 67.3 cm³/mol. The minimum Gasteiger partial charge on any atom is -0.349 e. The van der Waals surface area contributed by atoms with E-state index < -0.39 is 0 Å². The van der Waals surface area contributed by atoms with Crippen LogP contribution in [-0.2, 0) is 4.79 Å². The first-order chi connectivity index (χ1) is 7.41. The Morgan fingerprint density at radius 3 is 2.50 bits per heavy atom. The monoisotopic (exact) mass is 226 g/mol. The van der Waals surface area contributed by atoms with Gasteiger partial charge in [-0.1, -0.05) is 6.92 Å². The van der Waals surface area contributed by atoms with Crippen LogP contribution in [0, 0.1) is 11.8 Å². The molecule has 3 nitrogen and oxygen atoms in total. The van der Waals surface area contributed by atoms with Crippen molar-refractivity contribution < 1.29 is 4.79 Å². The lowest BCUT2D eigenvalue weighted by molar-refractivity contribution is -0.130. The van der Waals surface area contributed by atoms with E-state index in [0.717, 1.165) is 19.5 Å². The molecule has 0 aromatic heterocycles. The third kappa shape index (κ3) is 3.48. The van der Waals surface area contributed by atoms with Crippen LogP contribution >= 0.6 is 0 Å². The van der Waals surface area contributed by atoms with Crippen molar-refractivity contribution in [1.29, 1.82) is 0 Å². The lowest BCUT2D eigenvalue weighted by atomic mass is 9.83. The number of nitrogens with zero attached hydrogens (tertiary/aromatic N) is 2. The fourth-order valence-corrected chi connectivity index (χ4v) is 2.41. The maximum atomic E-state index is 11.7. The van der Waals surface area contributed by atoms with E-state index in [0.29, 0.717) is 17.9 Å². The van der Waals surface area contributed by atoms with E-state index in [4.69, 9.17) is 0 Å². The molecule has 0 radical (unpaired) electrons. The van der Waals surface area contributed by atoms with E-state index in [1.54, 1.807) is 4.90 Å². The van der Waals surface area contributed by atoms with Gasteiger partial charge in [0.25, 0.3) is 0 Å². The second kappa shape index (κ2) is 5.67. The van der Waals surface area contributed by atoms with Gasteiger partial charge < -0.3 is 9.80 Å². The van der Waals surface area contributed by atoms with Crippen molar-refractivity contribution in [2.45, 2.75) is 39.7 Å². The van der Waals surface area contributed by atoms with Gasteiger partial charge in [0.1, 0.15) is 0 Å². The number of rotatable bonds is 3. The highest BCUT2D eigenvalue weighted by Crippen LogP contribution is 2.27. The van der Waals surface area contributed by atoms with Gasteiger partial charge in [-0.25, -0.2) is 0 Å². The number of piperidine rings is 1. The van der Waals surface area contributed by atoms with E-state index in [9.17, 15) is 4.79 Å². The van der Waals surface area contributed by atoms with Gasteiger partial charge in [0, 0.05) is 33.1 Å². The Labute approximate surface area is 99.8 Å². The summed E-state index contributed by atoms with van der Waals surface area (Å²) in [6.07, 6.45) is 1.89. The van der Waals surface area contributed by atoms with Gasteiger partial charge in [0.05, 0.1) is 0 Å². The van der Waals surface area contributed by atoms with Crippen LogP contribution in [-0.4, -0.2) is 48.9 Å². The SMILES string of the molecule is CC1CN(C(C)C)CCC1CC(=O)N(C)C. The Morgan fingerprint density at radius 2 is 2.06 bits per heavy atom. The molecular formula is C13H26N2O. The summed E-state index contributed by atoms with van der Waals surface area (Å²) in [5.74, 6) is 1.49. The van der Waals surface area contributed by atoms with Crippen molar-refractivity contribution in [3.05, 3.63) is 0 Å². The molecule has 0 bridgehead atoms. The molecule has 1 aliphatic rings. The summed E-state index contributed by atoms with van der Waals surface area (Å²) in [6, 6.07) is 0.632. The second-order valence-corrected chi connectivity index (χ2v) is 5.61. The number of carbonyl (C=O) groups is 1. The molecule has 0 spiro atoms. The molecule has 2 atom stereocenters. The van der Waals surface area contributed by atoms with Gasteiger partial charge in [0.15, 0.2) is 0 Å². The first kappa shape index (κ1) is 13.5. The zero-order chi connectivity index (χ0) is 12.3. The number of likely N-dealkylation sites (tertiary alicyclic amines) is 1. The summed E-state index contributed by atoms with van der Waals surface area (Å²) in [6.45, 7) is 9.06. The molecule has 0 aromatic rings. The van der Waals surface area contributed by atoms with Crippen molar-refractivity contribution in [2.75, 3.05) is 27.2 Å². The molecule has 0 aliphatic carbocycles. The Kier molecular flexibility index (Phi) is 4.78. The number of carbonyl (C=O) groups excluding carboxylic acids is 1. The van der Waals surface area contributed by atoms with Crippen LogP contribution in [0.3, 0.4) is 0 Å². The fourth-order valence-electron chi connectivity index (χ4n) is 2.41. The average Bonchev–Trinajstić information content (AvgIpc) is 2.20. The molecule has 0 N–H and O–H groups in total. The summed E-state index contributed by atoms with van der Waals surface area (Å²) < 4.78 is 0. The highest BCUT2D eigenvalue weighted by atomic mass is 16.2. The largest absolute Gasteiger partial charge is 0.349 e. The van der Waals surface area contributed by atoms with E-state index in [-0.39, 0.29) is 5.91 Å². The Balaban J connectivity index is 2.45. The molecule has 1 fully saturated rings. The summed E-state index contributed by atoms with van der Waals surface area (Å²) in [5, 5.41) is 0. The minimum atomic E-state index is 0.273. The van der Waals surface area contributed by atoms with Crippen molar-refractivity contribution in [1.82, 2.24) is 9.80 Å². The van der Waals surface area contributed by atoms with E-state index in [2.05, 4.69) is 25.7 Å². The highest BCUT2D eigenvalue weighted by Gasteiger charge is 2.28. The smallest absolute Gasteiger partial charge is 0.222 e. The normalized spacial score (nSPS) is 27.1. The molecule has 16 heavy (non-hydrogen) atoms. The number of hydrogen-bond donors (Lipinski definition) is 0. The Hall–Kier alpha value is -0.570. The van der Waals surface area contributed by atoms with Gasteiger partial charge in [-0.05, 0) is 38.6 Å². The standard InChI is InChI=1S/C13H26N2O/c1-10(2)15-7-6-12(11(3)9-15)8-13(16)14(4)5/h10-12H,6-9H2,1-5H3. The van der Waals surface area contributed by atoms with Crippen LogP contribution in [0.5, 0.6) is 0 Å². The van der Waals surface area contributed by atoms with Crippen LogP contribution in [0.15, 0.2) is 0 Å². The van der Waals surface area contributed by atoms with E-state index >= 15 is 0 Å². The third-order valence-corrected chi connectivity index (χ3v) is 3.78. The first-order valence-electron chi connectivity index (χ1n) is 6.36. The average molecular weight is 226 g/mol. The molecule has 2 unspecified atom stereocenters. The summed E-state index contributed by atoms with van der Waals surface area (Å²) >= 11 is 0. The molecule has 0 saturated carbocycles. The van der Waals surface area contributed by atoms with Gasteiger partial charge in [-0.2, -0.15) is 0 Å². The van der Waals surface area contributed by atoms with Gasteiger partial charge in [0.2, 0.25) is 5.91 Å². The predicted octanol–water partition coefficient (Wildman–Crippen LogP) is 1.83. The highest BCUT2D eigenvalue weighted by molar-refractivity contribution is 5.75. The van der Waals surface area contributed by atoms with Crippen molar-refractivity contribution in [2.24, 2.45) is 11.8 Å². The maximum Gasteiger partial charge on any atom is 0.222 e. The Morgan fingerprint density at radius 1 is 1.44 bits per heavy atom. The van der Waals surface area contributed by atoms with Crippen LogP contribution < -0.4 is 0 Å². The molecule has 3 heteroatoms. The van der Waals surface area contributed by atoms with E-state index in [1.165, 1.54) is 6.42 Å². The second-order valence-electron chi connectivity index (χ2n) is 5.61. The summed E-state index contributed by atoms with van der Waals surface area (Å²) in [4.78, 5) is 15.9. The van der Waals surface area contributed by atoms with Crippen molar-refractivity contribution in [3.63, 3.8) is 0 Å². The van der Waals surface area contributed by atoms with Crippen LogP contribution in [0.1, 0.15) is 33.6 Å². The summed E-state index contributed by atoms with van der Waals surface area (Å²) in [7, 11) is 3.69. The molecular weight excluding hydrogens is 200 g/mol. The first-order valence-corrected chi connectivity index (χ1v) is 6.36. The zero-order valence-corrected chi connectivity index (χ0v) is 11.4. The minimum absolute atomic E-state index is 0.273. The number of hydrogen-bond acceptors (Lipinski definition) is 2. The number of amides is 1. The molecule has 1 amide bonds. The Bertz CT molecular complexity index is 238. The summed E-state index contributed by atoms with van der Waals surface area (Å²) in [5.41, 5.74) is 0. The molecule has 1 saturated heterocycles. The van der Waals surface area contributed by atoms with E-state index in [1.807, 2.05) is 14.1 Å². The van der Waals surface area contributed by atoms with Gasteiger partial charge >= 0.3 is 0 Å². The maximum absolute atomic E-state index is 11.7. The molecule has 1 heterocycles. The lowest BCUT2D eigenvalue weighted by Crippen LogP contribution is -2.44. The fraction of sp³-hybridized carbons (Fsp3) is 0.923. The van der Waals surface area contributed by atoms with Crippen LogP contribution in [0.25, 0.3) is 0 Å². The van der Waals surface area contributed by atoms with Crippen LogP contribution in [0.2, 0.25) is 0 Å².